The van der Waals surface area contributed by atoms with Crippen molar-refractivity contribution >= 4 is 11.8 Å². The number of nitrogens with two attached hydrogens (primary N) is 1. The van der Waals surface area contributed by atoms with Crippen LogP contribution in [0.1, 0.15) is 59.3 Å². The molecule has 2 unspecified atom stereocenters. The second kappa shape index (κ2) is 6.89. The van der Waals surface area contributed by atoms with Crippen LogP contribution in [0.5, 0.6) is 0 Å². The normalized spacial score (nSPS) is 21.3. The molecular formula is C14H27N3O2. The van der Waals surface area contributed by atoms with Crippen molar-refractivity contribution in [1.82, 2.24) is 10.6 Å². The topological polar surface area (TPSA) is 84.2 Å². The molecule has 1 aliphatic rings. The Bertz CT molecular complexity index is 325. The number of carbonyl (C=O) groups is 2. The fourth-order valence-corrected chi connectivity index (χ4v) is 2.29. The van der Waals surface area contributed by atoms with Crippen LogP contribution in [-0.4, -0.2) is 29.4 Å². The summed E-state index contributed by atoms with van der Waals surface area (Å²) < 4.78 is 0. The second-order valence-electron chi connectivity index (χ2n) is 5.73. The van der Waals surface area contributed by atoms with Crippen molar-refractivity contribution in [3.05, 3.63) is 0 Å². The summed E-state index contributed by atoms with van der Waals surface area (Å²) in [6, 6.07) is -0.419. The first-order chi connectivity index (χ1) is 8.89. The Labute approximate surface area is 115 Å². The lowest BCUT2D eigenvalue weighted by molar-refractivity contribution is -0.132. The van der Waals surface area contributed by atoms with Gasteiger partial charge in [0.2, 0.25) is 11.8 Å². The minimum Gasteiger partial charge on any atom is -0.352 e. The Hall–Kier alpha value is -1.10. The van der Waals surface area contributed by atoms with Gasteiger partial charge in [0.05, 0.1) is 5.54 Å². The third-order valence-electron chi connectivity index (χ3n) is 3.94. The summed E-state index contributed by atoms with van der Waals surface area (Å²) in [5.41, 5.74) is 5.35. The maximum atomic E-state index is 12.2. The van der Waals surface area contributed by atoms with Gasteiger partial charge < -0.3 is 16.4 Å². The van der Waals surface area contributed by atoms with Crippen molar-refractivity contribution < 1.29 is 9.59 Å². The third-order valence-corrected chi connectivity index (χ3v) is 3.94. The molecule has 1 saturated carbocycles. The van der Waals surface area contributed by atoms with Crippen LogP contribution in [-0.2, 0) is 9.59 Å². The van der Waals surface area contributed by atoms with Crippen LogP contribution in [0.4, 0.5) is 0 Å². The van der Waals surface area contributed by atoms with Gasteiger partial charge in [0.15, 0.2) is 0 Å². The lowest BCUT2D eigenvalue weighted by Crippen LogP contribution is -2.59. The molecule has 1 rings (SSSR count). The first kappa shape index (κ1) is 16.0. The van der Waals surface area contributed by atoms with Gasteiger partial charge in [-0.3, -0.25) is 9.59 Å². The SMILES string of the molecule is CCC(C)NC(=O)C(C)NC(=O)C1(N)CCCCC1. The molecule has 4 N–H and O–H groups in total. The highest BCUT2D eigenvalue weighted by Crippen LogP contribution is 2.26. The monoisotopic (exact) mass is 269 g/mol. The van der Waals surface area contributed by atoms with Crippen LogP contribution >= 0.6 is 0 Å². The largest absolute Gasteiger partial charge is 0.352 e. The average molecular weight is 269 g/mol. The molecule has 1 fully saturated rings. The summed E-state index contributed by atoms with van der Waals surface area (Å²) in [6.45, 7) is 5.64. The molecule has 19 heavy (non-hydrogen) atoms. The Morgan fingerprint density at radius 3 is 2.26 bits per heavy atom. The van der Waals surface area contributed by atoms with Gasteiger partial charge in [-0.25, -0.2) is 0 Å². The van der Waals surface area contributed by atoms with Crippen molar-refractivity contribution in [3.8, 4) is 0 Å². The van der Waals surface area contributed by atoms with E-state index in [-0.39, 0.29) is 17.9 Å². The van der Waals surface area contributed by atoms with E-state index in [1.165, 1.54) is 0 Å². The summed E-state index contributed by atoms with van der Waals surface area (Å²) in [5.74, 6) is -0.346. The van der Waals surface area contributed by atoms with Crippen LogP contribution in [0.2, 0.25) is 0 Å². The number of hydrogen-bond donors (Lipinski definition) is 3. The molecule has 110 valence electrons. The van der Waals surface area contributed by atoms with Crippen molar-refractivity contribution in [3.63, 3.8) is 0 Å². The van der Waals surface area contributed by atoms with E-state index < -0.39 is 11.6 Å². The first-order valence-corrected chi connectivity index (χ1v) is 7.29. The van der Waals surface area contributed by atoms with E-state index in [9.17, 15) is 9.59 Å². The molecule has 0 radical (unpaired) electrons. The zero-order valence-electron chi connectivity index (χ0n) is 12.3. The molecule has 0 saturated heterocycles. The molecule has 0 heterocycles. The molecule has 0 aromatic rings. The minimum atomic E-state index is -0.789. The standard InChI is InChI=1S/C14H27N3O2/c1-4-10(2)16-12(18)11(3)17-13(19)14(15)8-6-5-7-9-14/h10-11H,4-9,15H2,1-3H3,(H,16,18)(H,17,19). The smallest absolute Gasteiger partial charge is 0.242 e. The number of carbonyl (C=O) groups excluding carboxylic acids is 2. The number of hydrogen-bond acceptors (Lipinski definition) is 3. The molecule has 0 aliphatic heterocycles. The summed E-state index contributed by atoms with van der Waals surface area (Å²) in [4.78, 5) is 24.0. The van der Waals surface area contributed by atoms with Gasteiger partial charge in [0, 0.05) is 6.04 Å². The quantitative estimate of drug-likeness (QED) is 0.698. The highest BCUT2D eigenvalue weighted by atomic mass is 16.2. The molecule has 0 aromatic carbocycles. The molecule has 2 atom stereocenters. The fraction of sp³-hybridized carbons (Fsp3) is 0.857. The second-order valence-corrected chi connectivity index (χ2v) is 5.73. The third kappa shape index (κ3) is 4.49. The van der Waals surface area contributed by atoms with E-state index in [4.69, 9.17) is 5.73 Å². The molecular weight excluding hydrogens is 242 g/mol. The van der Waals surface area contributed by atoms with E-state index in [1.807, 2.05) is 13.8 Å². The van der Waals surface area contributed by atoms with Crippen molar-refractivity contribution in [2.24, 2.45) is 5.73 Å². The Kier molecular flexibility index (Phi) is 5.79. The summed E-state index contributed by atoms with van der Waals surface area (Å²) in [5, 5.41) is 5.60. The van der Waals surface area contributed by atoms with Gasteiger partial charge in [0.25, 0.3) is 0 Å². The minimum absolute atomic E-state index is 0.119. The van der Waals surface area contributed by atoms with E-state index in [0.717, 1.165) is 25.7 Å². The molecule has 5 nitrogen and oxygen atoms in total. The highest BCUT2D eigenvalue weighted by Gasteiger charge is 2.36. The zero-order chi connectivity index (χ0) is 14.5. The molecule has 0 bridgehead atoms. The number of amides is 2. The van der Waals surface area contributed by atoms with Gasteiger partial charge in [-0.05, 0) is 33.1 Å². The summed E-state index contributed by atoms with van der Waals surface area (Å²) >= 11 is 0. The summed E-state index contributed by atoms with van der Waals surface area (Å²) in [6.07, 6.45) is 5.38. The maximum absolute atomic E-state index is 12.2. The predicted octanol–water partition coefficient (Wildman–Crippen LogP) is 1.07. The van der Waals surface area contributed by atoms with Gasteiger partial charge in [0.1, 0.15) is 6.04 Å². The average Bonchev–Trinajstić information content (AvgIpc) is 2.39. The predicted molar refractivity (Wildman–Crippen MR) is 75.5 cm³/mol. The molecule has 0 spiro atoms. The molecule has 5 heteroatoms. The van der Waals surface area contributed by atoms with Crippen LogP contribution in [0.3, 0.4) is 0 Å². The van der Waals surface area contributed by atoms with Crippen molar-refractivity contribution in [1.29, 1.82) is 0 Å². The Balaban J connectivity index is 2.49. The molecule has 0 aromatic heterocycles. The van der Waals surface area contributed by atoms with Gasteiger partial charge >= 0.3 is 0 Å². The van der Waals surface area contributed by atoms with Crippen molar-refractivity contribution in [2.45, 2.75) is 76.9 Å². The van der Waals surface area contributed by atoms with Crippen LogP contribution in [0.15, 0.2) is 0 Å². The van der Waals surface area contributed by atoms with Gasteiger partial charge in [-0.15, -0.1) is 0 Å². The maximum Gasteiger partial charge on any atom is 0.242 e. The zero-order valence-corrected chi connectivity index (χ0v) is 12.3. The van der Waals surface area contributed by atoms with E-state index in [1.54, 1.807) is 6.92 Å². The Morgan fingerprint density at radius 1 is 1.16 bits per heavy atom. The van der Waals surface area contributed by atoms with E-state index >= 15 is 0 Å². The highest BCUT2D eigenvalue weighted by molar-refractivity contribution is 5.91. The Morgan fingerprint density at radius 2 is 1.74 bits per heavy atom. The van der Waals surface area contributed by atoms with Crippen LogP contribution in [0, 0.1) is 0 Å². The van der Waals surface area contributed by atoms with Gasteiger partial charge in [-0.2, -0.15) is 0 Å². The van der Waals surface area contributed by atoms with E-state index in [2.05, 4.69) is 10.6 Å². The lowest BCUT2D eigenvalue weighted by Gasteiger charge is -2.32. The lowest BCUT2D eigenvalue weighted by atomic mass is 9.82. The number of rotatable bonds is 5. The molecule has 1 aliphatic carbocycles. The van der Waals surface area contributed by atoms with Crippen LogP contribution < -0.4 is 16.4 Å². The van der Waals surface area contributed by atoms with Gasteiger partial charge in [-0.1, -0.05) is 26.2 Å². The molecule has 2 amide bonds. The first-order valence-electron chi connectivity index (χ1n) is 7.29. The van der Waals surface area contributed by atoms with E-state index in [0.29, 0.717) is 12.8 Å². The van der Waals surface area contributed by atoms with Crippen molar-refractivity contribution in [2.75, 3.05) is 0 Å². The summed E-state index contributed by atoms with van der Waals surface area (Å²) in [7, 11) is 0. The number of nitrogens with one attached hydrogen (secondary N) is 2. The van der Waals surface area contributed by atoms with Crippen LogP contribution in [0.25, 0.3) is 0 Å². The fourth-order valence-electron chi connectivity index (χ4n) is 2.29.